The minimum absolute atomic E-state index is 0. The van der Waals surface area contributed by atoms with Crippen molar-refractivity contribution in [2.75, 3.05) is 13.2 Å². The first-order chi connectivity index (χ1) is 13.9. The summed E-state index contributed by atoms with van der Waals surface area (Å²) in [5.74, 6) is 0.497. The Labute approximate surface area is 200 Å². The molecule has 2 atom stereocenters. The Balaban J connectivity index is 0.00000256. The van der Waals surface area contributed by atoms with E-state index in [4.69, 9.17) is 14.2 Å². The minimum Gasteiger partial charge on any atom is -0.493 e. The first-order valence-electron chi connectivity index (χ1n) is 9.63. The van der Waals surface area contributed by atoms with Crippen LogP contribution in [-0.4, -0.2) is 73.8 Å². The summed E-state index contributed by atoms with van der Waals surface area (Å²) < 4.78 is 30.1. The van der Waals surface area contributed by atoms with E-state index >= 15 is 0 Å². The molecular weight excluding hydrogens is 413 g/mol. The van der Waals surface area contributed by atoms with Gasteiger partial charge in [-0.25, -0.2) is 4.98 Å². The van der Waals surface area contributed by atoms with Gasteiger partial charge in [-0.05, 0) is 39.0 Å². The van der Waals surface area contributed by atoms with E-state index in [2.05, 4.69) is 15.0 Å². The molecule has 155 valence electrons. The average molecular weight is 439 g/mol. The molecule has 0 aliphatic carbocycles. The number of nitrogens with zero attached hydrogens (tertiary/aromatic N) is 2. The van der Waals surface area contributed by atoms with E-state index < -0.39 is 16.6 Å². The first-order valence-corrected chi connectivity index (χ1v) is 11.0. The van der Waals surface area contributed by atoms with E-state index in [9.17, 15) is 4.21 Å². The normalized spacial score (nSPS) is 18.8. The van der Waals surface area contributed by atoms with E-state index in [-0.39, 0.29) is 41.4 Å². The summed E-state index contributed by atoms with van der Waals surface area (Å²) in [4.78, 5) is 12.0. The molecule has 3 heterocycles. The van der Waals surface area contributed by atoms with Crippen LogP contribution in [-0.2, 0) is 26.0 Å². The van der Waals surface area contributed by atoms with Gasteiger partial charge in [-0.3, -0.25) is 9.19 Å². The van der Waals surface area contributed by atoms with Gasteiger partial charge < -0.3 is 19.2 Å². The van der Waals surface area contributed by atoms with Crippen LogP contribution in [0.5, 0.6) is 5.75 Å². The fourth-order valence-electron chi connectivity index (χ4n) is 3.30. The number of nitrogens with one attached hydrogen (secondary N) is 1. The van der Waals surface area contributed by atoms with E-state index in [1.165, 1.54) is 0 Å². The van der Waals surface area contributed by atoms with Gasteiger partial charge in [0.2, 0.25) is 0 Å². The van der Waals surface area contributed by atoms with Crippen molar-refractivity contribution in [3.05, 3.63) is 47.8 Å². The quantitative estimate of drug-likeness (QED) is 0.571. The molecule has 1 aromatic carbocycles. The van der Waals surface area contributed by atoms with Crippen molar-refractivity contribution in [1.29, 1.82) is 0 Å². The van der Waals surface area contributed by atoms with Gasteiger partial charge in [0, 0.05) is 47.7 Å². The van der Waals surface area contributed by atoms with Crippen LogP contribution >= 0.6 is 0 Å². The summed E-state index contributed by atoms with van der Waals surface area (Å²) in [6.07, 6.45) is 2.46. The zero-order chi connectivity index (χ0) is 20.4. The van der Waals surface area contributed by atoms with Gasteiger partial charge in [0.15, 0.2) is 10.9 Å². The molecule has 0 bridgehead atoms. The molecule has 1 radical (unpaired) electrons. The fraction of sp³-hybridized carbons (Fsp3) is 0.429. The minimum atomic E-state index is -1.32. The average Bonchev–Trinajstić information content (AvgIpc) is 3.27. The smallest absolute Gasteiger partial charge is 0.197 e. The van der Waals surface area contributed by atoms with Crippen LogP contribution in [0.25, 0.3) is 11.0 Å². The van der Waals surface area contributed by atoms with Gasteiger partial charge in [-0.15, -0.1) is 0 Å². The number of fused-ring (bicyclic) bond motifs is 1. The second-order valence-electron chi connectivity index (χ2n) is 7.52. The van der Waals surface area contributed by atoms with Crippen LogP contribution in [0.2, 0.25) is 0 Å². The summed E-state index contributed by atoms with van der Waals surface area (Å²) in [6.45, 7) is 6.85. The van der Waals surface area contributed by atoms with Gasteiger partial charge in [0.1, 0.15) is 5.75 Å². The predicted molar refractivity (Wildman–Crippen MR) is 116 cm³/mol. The number of para-hydroxylation sites is 2. The molecule has 1 aliphatic heterocycles. The van der Waals surface area contributed by atoms with Crippen molar-refractivity contribution in [2.24, 2.45) is 0 Å². The number of ether oxygens (including phenoxy) is 3. The number of hydrogen-bond acceptors (Lipinski definition) is 6. The van der Waals surface area contributed by atoms with Crippen LogP contribution in [0.1, 0.15) is 31.5 Å². The summed E-state index contributed by atoms with van der Waals surface area (Å²) >= 11 is 0. The Morgan fingerprint density at radius 3 is 2.83 bits per heavy atom. The molecule has 1 fully saturated rings. The molecule has 30 heavy (non-hydrogen) atoms. The Bertz CT molecular complexity index is 1010. The fourth-order valence-corrected chi connectivity index (χ4v) is 4.40. The number of imidazole rings is 1. The third-order valence-corrected chi connectivity index (χ3v) is 6.03. The number of aromatic nitrogens is 3. The predicted octanol–water partition coefficient (Wildman–Crippen LogP) is 3.11. The molecule has 4 rings (SSSR count). The Morgan fingerprint density at radius 2 is 2.10 bits per heavy atom. The topological polar surface area (TPSA) is 86.3 Å². The van der Waals surface area contributed by atoms with Crippen LogP contribution in [0.15, 0.2) is 41.7 Å². The van der Waals surface area contributed by atoms with E-state index in [1.807, 2.05) is 51.1 Å². The van der Waals surface area contributed by atoms with Gasteiger partial charge >= 0.3 is 0 Å². The molecule has 3 aromatic rings. The summed E-state index contributed by atoms with van der Waals surface area (Å²) in [7, 11) is -1.32. The van der Waals surface area contributed by atoms with Gasteiger partial charge in [-0.1, -0.05) is 12.1 Å². The maximum atomic E-state index is 12.8. The molecular formula is C21H25N3NaO4S. The maximum absolute atomic E-state index is 12.8. The molecule has 0 amide bonds. The van der Waals surface area contributed by atoms with Gasteiger partial charge in [0.05, 0.1) is 52.6 Å². The van der Waals surface area contributed by atoms with Crippen molar-refractivity contribution in [3.8, 4) is 5.75 Å². The van der Waals surface area contributed by atoms with Crippen molar-refractivity contribution in [2.45, 2.75) is 50.0 Å². The van der Waals surface area contributed by atoms with Crippen LogP contribution in [0.4, 0.5) is 0 Å². The molecule has 1 aliphatic rings. The Morgan fingerprint density at radius 1 is 1.30 bits per heavy atom. The molecule has 9 heteroatoms. The SMILES string of the molecule is Cc1c(OCC[C@H]2COC(C)(C)O2)ccnc1CS(=O)c1nc2ccccc2[nH]1.[Na]. The molecule has 1 unspecified atom stereocenters. The Hall–Kier alpha value is -1.29. The maximum Gasteiger partial charge on any atom is 0.197 e. The number of pyridine rings is 1. The van der Waals surface area contributed by atoms with E-state index in [0.29, 0.717) is 18.4 Å². The second-order valence-corrected chi connectivity index (χ2v) is 8.88. The number of aromatic amines is 1. The standard InChI is InChI=1S/C21H25N3O4S.Na/c1-14-18(13-29(25)20-23-16-6-4-5-7-17(16)24-20)22-10-8-19(14)26-11-9-15-12-27-21(2,3)28-15;/h4-8,10,15H,9,11-13H2,1-3H3,(H,23,24);/t15-,29?;/m0./s1. The molecule has 0 saturated carbocycles. The largest absolute Gasteiger partial charge is 0.493 e. The number of H-pyrrole nitrogens is 1. The number of hydrogen-bond donors (Lipinski definition) is 1. The summed E-state index contributed by atoms with van der Waals surface area (Å²) in [6, 6.07) is 9.47. The van der Waals surface area contributed by atoms with E-state index in [1.54, 1.807) is 6.20 Å². The van der Waals surface area contributed by atoms with Crippen LogP contribution < -0.4 is 4.74 Å². The Kier molecular flexibility index (Phi) is 7.71. The van der Waals surface area contributed by atoms with Gasteiger partial charge in [-0.2, -0.15) is 0 Å². The third kappa shape index (κ3) is 5.49. The van der Waals surface area contributed by atoms with E-state index in [0.717, 1.165) is 34.5 Å². The van der Waals surface area contributed by atoms with Crippen LogP contribution in [0, 0.1) is 6.92 Å². The second kappa shape index (κ2) is 9.89. The molecule has 7 nitrogen and oxygen atoms in total. The molecule has 2 aromatic heterocycles. The van der Waals surface area contributed by atoms with Crippen molar-refractivity contribution < 1.29 is 18.4 Å². The number of rotatable bonds is 7. The molecule has 0 spiro atoms. The zero-order valence-corrected chi connectivity index (χ0v) is 20.6. The monoisotopic (exact) mass is 438 g/mol. The summed E-state index contributed by atoms with van der Waals surface area (Å²) in [5, 5.41) is 0.458. The van der Waals surface area contributed by atoms with Crippen molar-refractivity contribution >= 4 is 51.4 Å². The zero-order valence-electron chi connectivity index (χ0n) is 17.8. The van der Waals surface area contributed by atoms with Crippen molar-refractivity contribution in [3.63, 3.8) is 0 Å². The van der Waals surface area contributed by atoms with Crippen LogP contribution in [0.3, 0.4) is 0 Å². The molecule has 1 saturated heterocycles. The summed E-state index contributed by atoms with van der Waals surface area (Å²) in [5.41, 5.74) is 3.31. The van der Waals surface area contributed by atoms with Crippen molar-refractivity contribution in [1.82, 2.24) is 15.0 Å². The number of benzene rings is 1. The molecule has 1 N–H and O–H groups in total. The van der Waals surface area contributed by atoms with Gasteiger partial charge in [0.25, 0.3) is 0 Å². The third-order valence-electron chi connectivity index (χ3n) is 4.87. The first kappa shape index (κ1) is 23.4.